The van der Waals surface area contributed by atoms with Gasteiger partial charge in [-0.2, -0.15) is 0 Å². The molecule has 0 saturated carbocycles. The van der Waals surface area contributed by atoms with Crippen molar-refractivity contribution in [1.82, 2.24) is 0 Å². The second-order valence-electron chi connectivity index (χ2n) is 13.0. The number of aliphatic hydroxyl groups excluding tert-OH is 1. The molecule has 262 valence electrons. The van der Waals surface area contributed by atoms with E-state index in [2.05, 4.69) is 76.9 Å². The van der Waals surface area contributed by atoms with Gasteiger partial charge in [0, 0.05) is 17.8 Å². The third-order valence-electron chi connectivity index (χ3n) is 8.72. The van der Waals surface area contributed by atoms with E-state index in [0.29, 0.717) is 49.9 Å². The molecule has 0 fully saturated rings. The van der Waals surface area contributed by atoms with Gasteiger partial charge in [0.2, 0.25) is 0 Å². The van der Waals surface area contributed by atoms with E-state index in [1.165, 1.54) is 5.56 Å². The number of rotatable bonds is 22. The number of esters is 2. The fourth-order valence-electron chi connectivity index (χ4n) is 5.60. The van der Waals surface area contributed by atoms with Crippen molar-refractivity contribution in [3.8, 4) is 16.9 Å². The van der Waals surface area contributed by atoms with Gasteiger partial charge in [-0.25, -0.2) is 9.59 Å². The van der Waals surface area contributed by atoms with Crippen LogP contribution >= 0.6 is 0 Å². The van der Waals surface area contributed by atoms with Crippen LogP contribution in [0.1, 0.15) is 102 Å². The van der Waals surface area contributed by atoms with E-state index in [1.54, 1.807) is 13.8 Å². The average molecular weight is 659 g/mol. The Morgan fingerprint density at radius 3 is 1.90 bits per heavy atom. The van der Waals surface area contributed by atoms with Gasteiger partial charge in [-0.15, -0.1) is 0 Å². The first kappa shape index (κ1) is 40.3. The Morgan fingerprint density at radius 2 is 1.44 bits per heavy atom. The molecule has 1 N–H and O–H groups in total. The highest BCUT2D eigenvalue weighted by Gasteiger charge is 2.24. The summed E-state index contributed by atoms with van der Waals surface area (Å²) < 4.78 is 17.5. The van der Waals surface area contributed by atoms with Crippen LogP contribution in [0.5, 0.6) is 5.75 Å². The van der Waals surface area contributed by atoms with Gasteiger partial charge in [0.05, 0.1) is 19.8 Å². The SMILES string of the molecule is C=C/C(=C\C)c1ccc(-c2cc(CCCOC(=O)C(=C)C)c(OCCC(C)(CO)CCCC)c(CCCOC(=O)C(=C)C)c2)c(CC)c1. The molecule has 0 radical (unpaired) electrons. The fraction of sp³-hybridized carbons (Fsp3) is 0.476. The predicted octanol–water partition coefficient (Wildman–Crippen LogP) is 9.57. The molecule has 6 nitrogen and oxygen atoms in total. The van der Waals surface area contributed by atoms with Gasteiger partial charge in [0.25, 0.3) is 0 Å². The summed E-state index contributed by atoms with van der Waals surface area (Å²) in [5, 5.41) is 10.2. The Bertz CT molecular complexity index is 1390. The van der Waals surface area contributed by atoms with Gasteiger partial charge >= 0.3 is 11.9 Å². The van der Waals surface area contributed by atoms with Gasteiger partial charge in [0.1, 0.15) is 5.75 Å². The number of carbonyl (C=O) groups is 2. The van der Waals surface area contributed by atoms with Crippen LogP contribution in [0.3, 0.4) is 0 Å². The summed E-state index contributed by atoms with van der Waals surface area (Å²) in [5.41, 5.74) is 8.24. The minimum atomic E-state index is -0.395. The van der Waals surface area contributed by atoms with Gasteiger partial charge < -0.3 is 19.3 Å². The fourth-order valence-corrected chi connectivity index (χ4v) is 5.60. The molecule has 0 aromatic heterocycles. The Hall–Kier alpha value is -3.90. The topological polar surface area (TPSA) is 82.1 Å². The van der Waals surface area contributed by atoms with E-state index in [-0.39, 0.29) is 25.2 Å². The van der Waals surface area contributed by atoms with E-state index < -0.39 is 11.9 Å². The monoisotopic (exact) mass is 658 g/mol. The first-order chi connectivity index (χ1) is 22.9. The lowest BCUT2D eigenvalue weighted by atomic mass is 9.83. The van der Waals surface area contributed by atoms with Crippen molar-refractivity contribution >= 4 is 17.5 Å². The van der Waals surface area contributed by atoms with Crippen molar-refractivity contribution in [2.75, 3.05) is 26.4 Å². The number of allylic oxidation sites excluding steroid dienone is 3. The molecule has 2 aromatic rings. The molecule has 0 aliphatic rings. The van der Waals surface area contributed by atoms with Gasteiger partial charge in [-0.3, -0.25) is 0 Å². The highest BCUT2D eigenvalue weighted by Crippen LogP contribution is 2.37. The standard InChI is InChI=1S/C42H58O6/c1-10-14-21-42(9,29-43)22-25-46-39-35(17-15-23-47-40(44)30(5)6)27-37(28-36(39)18-16-24-48-41(45)31(7)8)38-20-19-34(26-33(38)13-4)32(11-2)12-3/h11-12,19-20,26-28,43H,2,5,7,10,13-18,21-25,29H2,1,3-4,6,8-9H3/b32-12+. The molecule has 1 atom stereocenters. The molecular formula is C42H58O6. The molecule has 2 rings (SSSR count). The number of aryl methyl sites for hydroxylation is 3. The lowest BCUT2D eigenvalue weighted by Crippen LogP contribution is -2.24. The van der Waals surface area contributed by atoms with E-state index >= 15 is 0 Å². The third kappa shape index (κ3) is 12.3. The molecular weight excluding hydrogens is 600 g/mol. The van der Waals surface area contributed by atoms with Crippen molar-refractivity contribution in [3.63, 3.8) is 0 Å². The number of hydrogen-bond acceptors (Lipinski definition) is 6. The maximum atomic E-state index is 12.1. The van der Waals surface area contributed by atoms with Crippen molar-refractivity contribution < 1.29 is 28.9 Å². The smallest absolute Gasteiger partial charge is 0.333 e. The van der Waals surface area contributed by atoms with Crippen LogP contribution < -0.4 is 4.74 Å². The molecule has 48 heavy (non-hydrogen) atoms. The summed E-state index contributed by atoms with van der Waals surface area (Å²) in [6.45, 7) is 24.2. The zero-order valence-corrected chi connectivity index (χ0v) is 30.3. The van der Waals surface area contributed by atoms with Crippen molar-refractivity contribution in [3.05, 3.63) is 95.6 Å². The molecule has 0 heterocycles. The molecule has 1 unspecified atom stereocenters. The van der Waals surface area contributed by atoms with E-state index in [9.17, 15) is 14.7 Å². The highest BCUT2D eigenvalue weighted by molar-refractivity contribution is 5.87. The molecule has 0 spiro atoms. The summed E-state index contributed by atoms with van der Waals surface area (Å²) in [5.74, 6) is 0.0195. The van der Waals surface area contributed by atoms with Crippen LogP contribution in [-0.4, -0.2) is 43.5 Å². The van der Waals surface area contributed by atoms with Crippen LogP contribution in [0.25, 0.3) is 16.7 Å². The first-order valence-corrected chi connectivity index (χ1v) is 17.4. The number of unbranched alkanes of at least 4 members (excludes halogenated alkanes) is 1. The van der Waals surface area contributed by atoms with Crippen molar-refractivity contribution in [2.45, 2.75) is 99.3 Å². The maximum absolute atomic E-state index is 12.1. The summed E-state index contributed by atoms with van der Waals surface area (Å²) in [4.78, 5) is 24.1. The summed E-state index contributed by atoms with van der Waals surface area (Å²) in [6.07, 6.45) is 11.1. The van der Waals surface area contributed by atoms with E-state index in [0.717, 1.165) is 64.8 Å². The van der Waals surface area contributed by atoms with Crippen LogP contribution in [0.4, 0.5) is 0 Å². The Labute approximate surface area is 289 Å². The molecule has 6 heteroatoms. The normalized spacial score (nSPS) is 12.6. The molecule has 0 amide bonds. The van der Waals surface area contributed by atoms with Gasteiger partial charge in [0.15, 0.2) is 0 Å². The van der Waals surface area contributed by atoms with Crippen molar-refractivity contribution in [1.29, 1.82) is 0 Å². The third-order valence-corrected chi connectivity index (χ3v) is 8.72. The minimum absolute atomic E-state index is 0.105. The number of benzene rings is 2. The van der Waals surface area contributed by atoms with Gasteiger partial charge in [-0.05, 0) is 122 Å². The van der Waals surface area contributed by atoms with Crippen LogP contribution in [0.15, 0.2) is 73.4 Å². The predicted molar refractivity (Wildman–Crippen MR) is 198 cm³/mol. The van der Waals surface area contributed by atoms with Crippen LogP contribution in [0.2, 0.25) is 0 Å². The summed E-state index contributed by atoms with van der Waals surface area (Å²) >= 11 is 0. The van der Waals surface area contributed by atoms with Crippen molar-refractivity contribution in [2.24, 2.45) is 5.41 Å². The quantitative estimate of drug-likeness (QED) is 0.0587. The molecule has 0 bridgehead atoms. The average Bonchev–Trinajstić information content (AvgIpc) is 3.08. The highest BCUT2D eigenvalue weighted by atomic mass is 16.5. The summed E-state index contributed by atoms with van der Waals surface area (Å²) in [7, 11) is 0. The Morgan fingerprint density at radius 1 is 0.854 bits per heavy atom. The van der Waals surface area contributed by atoms with E-state index in [1.807, 2.05) is 13.0 Å². The first-order valence-electron chi connectivity index (χ1n) is 17.4. The molecule has 0 aliphatic carbocycles. The second-order valence-corrected chi connectivity index (χ2v) is 13.0. The van der Waals surface area contributed by atoms with Gasteiger partial charge in [-0.1, -0.05) is 83.7 Å². The lowest BCUT2D eigenvalue weighted by molar-refractivity contribution is -0.139. The Balaban J connectivity index is 2.59. The Kier molecular flexibility index (Phi) is 17.2. The second kappa shape index (κ2) is 20.5. The minimum Gasteiger partial charge on any atom is -0.493 e. The largest absolute Gasteiger partial charge is 0.493 e. The zero-order valence-electron chi connectivity index (χ0n) is 30.3. The maximum Gasteiger partial charge on any atom is 0.333 e. The van der Waals surface area contributed by atoms with E-state index in [4.69, 9.17) is 14.2 Å². The number of carbonyl (C=O) groups excluding carboxylic acids is 2. The number of aliphatic hydroxyl groups is 1. The lowest BCUT2D eigenvalue weighted by Gasteiger charge is -2.28. The number of hydrogen-bond donors (Lipinski definition) is 1. The zero-order chi connectivity index (χ0) is 35.7. The van der Waals surface area contributed by atoms with Crippen LogP contribution in [0, 0.1) is 5.41 Å². The molecule has 0 saturated heterocycles. The summed E-state index contributed by atoms with van der Waals surface area (Å²) in [6, 6.07) is 10.9. The molecule has 2 aromatic carbocycles. The molecule has 0 aliphatic heterocycles. The van der Waals surface area contributed by atoms with Crippen LogP contribution in [-0.2, 0) is 38.3 Å². The number of ether oxygens (including phenoxy) is 3.